The van der Waals surface area contributed by atoms with Gasteiger partial charge >= 0.3 is 0 Å². The Labute approximate surface area is 112 Å². The number of nitrogens with zero attached hydrogens (tertiary/aromatic N) is 3. The molecule has 1 unspecified atom stereocenters. The molecular formula is C14H18N4O. The topological polar surface area (TPSA) is 63.8 Å². The first-order valence-electron chi connectivity index (χ1n) is 6.76. The van der Waals surface area contributed by atoms with Gasteiger partial charge in [-0.05, 0) is 50.4 Å². The van der Waals surface area contributed by atoms with Gasteiger partial charge in [-0.15, -0.1) is 0 Å². The quantitative estimate of drug-likeness (QED) is 0.916. The van der Waals surface area contributed by atoms with E-state index in [1.807, 2.05) is 19.1 Å². The molecule has 100 valence electrons. The third-order valence-electron chi connectivity index (χ3n) is 3.83. The molecular weight excluding hydrogens is 240 g/mol. The first-order chi connectivity index (χ1) is 9.23. The number of rotatable bonds is 3. The van der Waals surface area contributed by atoms with Crippen molar-refractivity contribution < 1.29 is 4.52 Å². The van der Waals surface area contributed by atoms with Crippen LogP contribution in [0.25, 0.3) is 11.5 Å². The van der Waals surface area contributed by atoms with Crippen molar-refractivity contribution in [3.05, 3.63) is 29.8 Å². The molecule has 1 N–H and O–H groups in total. The largest absolute Gasteiger partial charge is 0.337 e. The second kappa shape index (κ2) is 4.74. The second-order valence-electron chi connectivity index (χ2n) is 5.11. The normalized spacial score (nSPS) is 22.8. The highest BCUT2D eigenvalue weighted by Gasteiger charge is 2.39. The predicted molar refractivity (Wildman–Crippen MR) is 71.5 cm³/mol. The first-order valence-corrected chi connectivity index (χ1v) is 6.76. The van der Waals surface area contributed by atoms with E-state index in [4.69, 9.17) is 4.52 Å². The fourth-order valence-electron chi connectivity index (χ4n) is 2.62. The molecule has 0 aromatic carbocycles. The SMILES string of the molecule is CCC1(c2nc(-c3cc(C)ccn3)no2)CCCN1. The van der Waals surface area contributed by atoms with Crippen molar-refractivity contribution in [1.29, 1.82) is 0 Å². The molecule has 19 heavy (non-hydrogen) atoms. The van der Waals surface area contributed by atoms with Crippen LogP contribution in [0.1, 0.15) is 37.6 Å². The van der Waals surface area contributed by atoms with Crippen LogP contribution >= 0.6 is 0 Å². The van der Waals surface area contributed by atoms with E-state index >= 15 is 0 Å². The third kappa shape index (κ3) is 2.14. The Morgan fingerprint density at radius 1 is 1.47 bits per heavy atom. The Hall–Kier alpha value is -1.75. The Bertz CT molecular complexity index is 572. The first kappa shape index (κ1) is 12.3. The lowest BCUT2D eigenvalue weighted by atomic mass is 9.94. The van der Waals surface area contributed by atoms with Crippen molar-refractivity contribution in [2.24, 2.45) is 0 Å². The standard InChI is InChI=1S/C14H18N4O/c1-3-14(6-4-7-16-14)13-17-12(18-19-13)11-9-10(2)5-8-15-11/h5,8-9,16H,3-4,6-7H2,1-2H3. The van der Waals surface area contributed by atoms with Gasteiger partial charge in [-0.25, -0.2) is 0 Å². The molecule has 0 amide bonds. The maximum atomic E-state index is 5.47. The summed E-state index contributed by atoms with van der Waals surface area (Å²) in [5, 5.41) is 7.57. The molecule has 1 aliphatic rings. The van der Waals surface area contributed by atoms with Crippen LogP contribution < -0.4 is 5.32 Å². The minimum absolute atomic E-state index is 0.144. The summed E-state index contributed by atoms with van der Waals surface area (Å²) in [5.74, 6) is 1.26. The van der Waals surface area contributed by atoms with E-state index in [0.29, 0.717) is 11.7 Å². The van der Waals surface area contributed by atoms with Crippen LogP contribution in [0.4, 0.5) is 0 Å². The van der Waals surface area contributed by atoms with Gasteiger partial charge in [0.2, 0.25) is 11.7 Å². The Morgan fingerprint density at radius 2 is 2.37 bits per heavy atom. The average molecular weight is 258 g/mol. The van der Waals surface area contributed by atoms with Gasteiger partial charge in [-0.2, -0.15) is 4.98 Å². The van der Waals surface area contributed by atoms with Crippen molar-refractivity contribution >= 4 is 0 Å². The molecule has 0 aliphatic carbocycles. The summed E-state index contributed by atoms with van der Waals surface area (Å²) in [5.41, 5.74) is 1.76. The van der Waals surface area contributed by atoms with Gasteiger partial charge in [0.25, 0.3) is 0 Å². The van der Waals surface area contributed by atoms with Crippen molar-refractivity contribution in [2.75, 3.05) is 6.54 Å². The molecule has 5 nitrogen and oxygen atoms in total. The minimum Gasteiger partial charge on any atom is -0.337 e. The summed E-state index contributed by atoms with van der Waals surface area (Å²) in [4.78, 5) is 8.84. The minimum atomic E-state index is -0.144. The third-order valence-corrected chi connectivity index (χ3v) is 3.83. The molecule has 3 heterocycles. The van der Waals surface area contributed by atoms with Crippen LogP contribution in [0.2, 0.25) is 0 Å². The zero-order chi connectivity index (χ0) is 13.3. The number of aryl methyl sites for hydroxylation is 1. The molecule has 0 bridgehead atoms. The van der Waals surface area contributed by atoms with Crippen molar-refractivity contribution in [1.82, 2.24) is 20.4 Å². The fraction of sp³-hybridized carbons (Fsp3) is 0.500. The van der Waals surface area contributed by atoms with Crippen LogP contribution in [0, 0.1) is 6.92 Å². The van der Waals surface area contributed by atoms with Crippen LogP contribution in [-0.4, -0.2) is 21.7 Å². The maximum Gasteiger partial charge on any atom is 0.247 e. The van der Waals surface area contributed by atoms with Crippen molar-refractivity contribution in [3.63, 3.8) is 0 Å². The lowest BCUT2D eigenvalue weighted by molar-refractivity contribution is 0.250. The second-order valence-corrected chi connectivity index (χ2v) is 5.11. The molecule has 1 aliphatic heterocycles. The van der Waals surface area contributed by atoms with Gasteiger partial charge in [0, 0.05) is 6.20 Å². The molecule has 3 rings (SSSR count). The summed E-state index contributed by atoms with van der Waals surface area (Å²) < 4.78 is 5.47. The van der Waals surface area contributed by atoms with Crippen LogP contribution in [0.3, 0.4) is 0 Å². The Balaban J connectivity index is 1.95. The highest BCUT2D eigenvalue weighted by Crippen LogP contribution is 2.33. The van der Waals surface area contributed by atoms with E-state index in [2.05, 4.69) is 27.4 Å². The molecule has 1 saturated heterocycles. The average Bonchev–Trinajstić information content (AvgIpc) is 3.08. The lowest BCUT2D eigenvalue weighted by Gasteiger charge is -2.22. The van der Waals surface area contributed by atoms with Crippen LogP contribution in [-0.2, 0) is 5.54 Å². The zero-order valence-corrected chi connectivity index (χ0v) is 11.3. The summed E-state index contributed by atoms with van der Waals surface area (Å²) in [6.45, 7) is 5.18. The molecule has 1 atom stereocenters. The predicted octanol–water partition coefficient (Wildman–Crippen LogP) is 2.43. The molecule has 2 aromatic heterocycles. The number of hydrogen-bond acceptors (Lipinski definition) is 5. The van der Waals surface area contributed by atoms with Gasteiger partial charge in [0.1, 0.15) is 5.69 Å². The van der Waals surface area contributed by atoms with E-state index in [1.165, 1.54) is 0 Å². The van der Waals surface area contributed by atoms with Gasteiger partial charge in [0.05, 0.1) is 5.54 Å². The Kier molecular flexibility index (Phi) is 3.06. The summed E-state index contributed by atoms with van der Waals surface area (Å²) in [7, 11) is 0. The molecule has 0 spiro atoms. The van der Waals surface area contributed by atoms with Crippen LogP contribution in [0.5, 0.6) is 0 Å². The highest BCUT2D eigenvalue weighted by atomic mass is 16.5. The lowest BCUT2D eigenvalue weighted by Crippen LogP contribution is -2.36. The number of aromatic nitrogens is 3. The number of hydrogen-bond donors (Lipinski definition) is 1. The van der Waals surface area contributed by atoms with E-state index in [1.54, 1.807) is 6.20 Å². The Morgan fingerprint density at radius 3 is 3.05 bits per heavy atom. The summed E-state index contributed by atoms with van der Waals surface area (Å²) in [6, 6.07) is 3.92. The summed E-state index contributed by atoms with van der Waals surface area (Å²) in [6.07, 6.45) is 4.92. The van der Waals surface area contributed by atoms with Crippen molar-refractivity contribution in [3.8, 4) is 11.5 Å². The smallest absolute Gasteiger partial charge is 0.247 e. The number of nitrogens with one attached hydrogen (secondary N) is 1. The maximum absolute atomic E-state index is 5.47. The van der Waals surface area contributed by atoms with E-state index in [0.717, 1.165) is 37.1 Å². The molecule has 5 heteroatoms. The summed E-state index contributed by atoms with van der Waals surface area (Å²) >= 11 is 0. The van der Waals surface area contributed by atoms with Crippen molar-refractivity contribution in [2.45, 2.75) is 38.6 Å². The zero-order valence-electron chi connectivity index (χ0n) is 11.3. The van der Waals surface area contributed by atoms with E-state index in [-0.39, 0.29) is 5.54 Å². The van der Waals surface area contributed by atoms with Gasteiger partial charge < -0.3 is 9.84 Å². The fourth-order valence-corrected chi connectivity index (χ4v) is 2.62. The van der Waals surface area contributed by atoms with Gasteiger partial charge in [-0.3, -0.25) is 4.98 Å². The molecule has 0 radical (unpaired) electrons. The van der Waals surface area contributed by atoms with Gasteiger partial charge in [-0.1, -0.05) is 12.1 Å². The molecule has 2 aromatic rings. The van der Waals surface area contributed by atoms with Gasteiger partial charge in [0.15, 0.2) is 0 Å². The van der Waals surface area contributed by atoms with Crippen LogP contribution in [0.15, 0.2) is 22.9 Å². The number of pyridine rings is 1. The monoisotopic (exact) mass is 258 g/mol. The van der Waals surface area contributed by atoms with E-state index < -0.39 is 0 Å². The molecule has 1 fully saturated rings. The molecule has 0 saturated carbocycles. The van der Waals surface area contributed by atoms with E-state index in [9.17, 15) is 0 Å². The highest BCUT2D eigenvalue weighted by molar-refractivity contribution is 5.49.